The van der Waals surface area contributed by atoms with E-state index in [-0.39, 0.29) is 6.54 Å². The lowest BCUT2D eigenvalue weighted by Crippen LogP contribution is -2.41. The van der Waals surface area contributed by atoms with Gasteiger partial charge in [-0.05, 0) is 0 Å². The molecule has 0 saturated carbocycles. The Morgan fingerprint density at radius 3 is 2.90 bits per heavy atom. The monoisotopic (exact) mass is 294 g/mol. The summed E-state index contributed by atoms with van der Waals surface area (Å²) in [6, 6.07) is -1.77. The van der Waals surface area contributed by atoms with Gasteiger partial charge in [0.05, 0.1) is 6.20 Å². The predicted molar refractivity (Wildman–Crippen MR) is 68.1 cm³/mol. The number of nitrogens with one attached hydrogen (secondary N) is 2. The summed E-state index contributed by atoms with van der Waals surface area (Å²) in [5.41, 5.74) is 0.386. The number of nitrogens with zero attached hydrogens (tertiary/aromatic N) is 4. The third-order valence-corrected chi connectivity index (χ3v) is 2.61. The van der Waals surface area contributed by atoms with Crippen LogP contribution in [0.25, 0.3) is 0 Å². The van der Waals surface area contributed by atoms with Gasteiger partial charge < -0.3 is 20.3 Å². The number of aromatic nitrogens is 4. The molecule has 112 valence electrons. The van der Waals surface area contributed by atoms with Crippen LogP contribution in [0.3, 0.4) is 0 Å². The highest BCUT2D eigenvalue weighted by Crippen LogP contribution is 2.11. The molecule has 0 spiro atoms. The average molecular weight is 294 g/mol. The molecular formula is C11H14N6O4. The van der Waals surface area contributed by atoms with E-state index in [9.17, 15) is 9.59 Å². The molecule has 2 rings (SSSR count). The highest BCUT2D eigenvalue weighted by Gasteiger charge is 2.23. The van der Waals surface area contributed by atoms with Crippen molar-refractivity contribution in [2.45, 2.75) is 12.5 Å². The van der Waals surface area contributed by atoms with Gasteiger partial charge in [-0.25, -0.2) is 9.59 Å². The zero-order chi connectivity index (χ0) is 15.2. The van der Waals surface area contributed by atoms with Crippen LogP contribution >= 0.6 is 0 Å². The summed E-state index contributed by atoms with van der Waals surface area (Å²) in [4.78, 5) is 26.7. The van der Waals surface area contributed by atoms with Crippen LogP contribution in [0.5, 0.6) is 0 Å². The summed E-state index contributed by atoms with van der Waals surface area (Å²) < 4.78 is 6.23. The van der Waals surface area contributed by atoms with E-state index < -0.39 is 18.0 Å². The molecule has 0 aromatic carbocycles. The lowest BCUT2D eigenvalue weighted by atomic mass is 10.1. The zero-order valence-electron chi connectivity index (χ0n) is 11.2. The fourth-order valence-electron chi connectivity index (χ4n) is 1.65. The first-order chi connectivity index (χ1) is 10.1. The van der Waals surface area contributed by atoms with Gasteiger partial charge in [0.1, 0.15) is 0 Å². The minimum atomic E-state index is -1.17. The molecular weight excluding hydrogens is 280 g/mol. The maximum atomic E-state index is 11.7. The molecule has 21 heavy (non-hydrogen) atoms. The number of rotatable bonds is 6. The number of carbonyl (C=O) groups excluding carboxylic acids is 1. The number of carbonyl (C=O) groups is 2. The molecule has 0 aliphatic heterocycles. The van der Waals surface area contributed by atoms with E-state index in [0.717, 1.165) is 0 Å². The van der Waals surface area contributed by atoms with Crippen LogP contribution in [0, 0.1) is 0 Å². The van der Waals surface area contributed by atoms with Gasteiger partial charge in [0, 0.05) is 31.8 Å². The second-order valence-electron chi connectivity index (χ2n) is 4.20. The molecule has 0 aliphatic carbocycles. The lowest BCUT2D eigenvalue weighted by Gasteiger charge is -2.13. The topological polar surface area (TPSA) is 135 Å². The molecule has 1 atom stereocenters. The Morgan fingerprint density at radius 1 is 1.52 bits per heavy atom. The Morgan fingerprint density at radius 2 is 2.33 bits per heavy atom. The minimum Gasteiger partial charge on any atom is -0.479 e. The first-order valence-corrected chi connectivity index (χ1v) is 6.07. The summed E-state index contributed by atoms with van der Waals surface area (Å²) in [6.07, 6.45) is 4.53. The maximum Gasteiger partial charge on any atom is 0.331 e. The molecule has 10 nitrogen and oxygen atoms in total. The van der Waals surface area contributed by atoms with Gasteiger partial charge in [-0.3, -0.25) is 4.68 Å². The predicted octanol–water partition coefficient (Wildman–Crippen LogP) is -0.529. The Balaban J connectivity index is 1.85. The van der Waals surface area contributed by atoms with Crippen LogP contribution in [-0.4, -0.2) is 43.6 Å². The highest BCUT2D eigenvalue weighted by atomic mass is 16.5. The van der Waals surface area contributed by atoms with Gasteiger partial charge >= 0.3 is 12.0 Å². The minimum absolute atomic E-state index is 0.243. The molecule has 0 aliphatic rings. The molecule has 10 heteroatoms. The molecule has 2 amide bonds. The molecule has 0 saturated heterocycles. The van der Waals surface area contributed by atoms with Gasteiger partial charge in [-0.15, -0.1) is 0 Å². The van der Waals surface area contributed by atoms with E-state index in [4.69, 9.17) is 9.63 Å². The van der Waals surface area contributed by atoms with Crippen molar-refractivity contribution >= 4 is 12.0 Å². The zero-order valence-corrected chi connectivity index (χ0v) is 11.2. The van der Waals surface area contributed by atoms with Crippen LogP contribution < -0.4 is 10.6 Å². The number of hydrogen-bond donors (Lipinski definition) is 3. The van der Waals surface area contributed by atoms with Crippen LogP contribution in [0.2, 0.25) is 0 Å². The first kappa shape index (κ1) is 14.5. The lowest BCUT2D eigenvalue weighted by molar-refractivity contribution is -0.139. The quantitative estimate of drug-likeness (QED) is 0.651. The van der Waals surface area contributed by atoms with Crippen LogP contribution in [0.15, 0.2) is 23.2 Å². The SMILES string of the molecule is Cn1cc(C(NC(=O)NCCc2ncno2)C(=O)O)cn1. The Labute approximate surface area is 119 Å². The van der Waals surface area contributed by atoms with E-state index >= 15 is 0 Å². The molecule has 2 aromatic heterocycles. The Bertz CT molecular complexity index is 608. The van der Waals surface area contributed by atoms with Crippen LogP contribution in [-0.2, 0) is 18.3 Å². The van der Waals surface area contributed by atoms with Crippen molar-refractivity contribution in [3.8, 4) is 0 Å². The number of hydrogen-bond acceptors (Lipinski definition) is 6. The second kappa shape index (κ2) is 6.50. The standard InChI is InChI=1S/C11H14N6O4/c1-17-5-7(4-14-17)9(10(18)19)16-11(20)12-3-2-8-13-6-15-21-8/h4-6,9H,2-3H2,1H3,(H,18,19)(H2,12,16,20). The van der Waals surface area contributed by atoms with Crippen molar-refractivity contribution in [1.82, 2.24) is 30.6 Å². The van der Waals surface area contributed by atoms with Crippen molar-refractivity contribution in [2.75, 3.05) is 6.54 Å². The van der Waals surface area contributed by atoms with E-state index in [1.807, 2.05) is 0 Å². The van der Waals surface area contributed by atoms with Crippen LogP contribution in [0.1, 0.15) is 17.5 Å². The number of carboxylic acids is 1. The van der Waals surface area contributed by atoms with Gasteiger partial charge in [-0.2, -0.15) is 10.1 Å². The van der Waals surface area contributed by atoms with Crippen LogP contribution in [0.4, 0.5) is 4.79 Å². The van der Waals surface area contributed by atoms with Crippen molar-refractivity contribution in [1.29, 1.82) is 0 Å². The fraction of sp³-hybridized carbons (Fsp3) is 0.364. The third kappa shape index (κ3) is 4.03. The van der Waals surface area contributed by atoms with E-state index in [0.29, 0.717) is 17.9 Å². The normalized spacial score (nSPS) is 11.9. The maximum absolute atomic E-state index is 11.7. The third-order valence-electron chi connectivity index (χ3n) is 2.61. The number of urea groups is 1. The number of aliphatic carboxylic acids is 1. The Kier molecular flexibility index (Phi) is 4.49. The number of aryl methyl sites for hydroxylation is 1. The van der Waals surface area contributed by atoms with Crippen molar-refractivity contribution in [3.05, 3.63) is 30.2 Å². The summed E-state index contributed by atoms with van der Waals surface area (Å²) in [7, 11) is 1.66. The van der Waals surface area contributed by atoms with Gasteiger partial charge in [-0.1, -0.05) is 5.16 Å². The summed E-state index contributed by atoms with van der Waals surface area (Å²) in [6.45, 7) is 0.243. The van der Waals surface area contributed by atoms with Gasteiger partial charge in [0.15, 0.2) is 12.4 Å². The van der Waals surface area contributed by atoms with Crippen molar-refractivity contribution < 1.29 is 19.2 Å². The largest absolute Gasteiger partial charge is 0.479 e. The van der Waals surface area contributed by atoms with Gasteiger partial charge in [0.25, 0.3) is 0 Å². The summed E-state index contributed by atoms with van der Waals surface area (Å²) >= 11 is 0. The molecule has 1 unspecified atom stereocenters. The Hall–Kier alpha value is -2.91. The molecule has 0 fully saturated rings. The number of amides is 2. The highest BCUT2D eigenvalue weighted by molar-refractivity contribution is 5.83. The first-order valence-electron chi connectivity index (χ1n) is 6.07. The summed E-state index contributed by atoms with van der Waals surface area (Å²) in [5.74, 6) is -0.785. The molecule has 3 N–H and O–H groups in total. The number of carboxylic acid groups (broad SMARTS) is 1. The molecule has 0 radical (unpaired) electrons. The second-order valence-corrected chi connectivity index (χ2v) is 4.20. The van der Waals surface area contributed by atoms with Crippen molar-refractivity contribution in [3.63, 3.8) is 0 Å². The van der Waals surface area contributed by atoms with E-state index in [1.54, 1.807) is 7.05 Å². The summed E-state index contributed by atoms with van der Waals surface area (Å²) in [5, 5.41) is 21.3. The van der Waals surface area contributed by atoms with Gasteiger partial charge in [0.2, 0.25) is 5.89 Å². The van der Waals surface area contributed by atoms with Crippen molar-refractivity contribution in [2.24, 2.45) is 7.05 Å². The molecule has 0 bridgehead atoms. The fourth-order valence-corrected chi connectivity index (χ4v) is 1.65. The van der Waals surface area contributed by atoms with E-state index in [2.05, 4.69) is 25.9 Å². The molecule has 2 aromatic rings. The molecule has 2 heterocycles. The smallest absolute Gasteiger partial charge is 0.331 e. The average Bonchev–Trinajstić information content (AvgIpc) is 3.07. The van der Waals surface area contributed by atoms with E-state index in [1.165, 1.54) is 23.4 Å².